The first-order valence-corrected chi connectivity index (χ1v) is 4.97. The fourth-order valence-electron chi connectivity index (χ4n) is 1.98. The van der Waals surface area contributed by atoms with Crippen molar-refractivity contribution in [3.05, 3.63) is 0 Å². The van der Waals surface area contributed by atoms with E-state index in [0.717, 1.165) is 32.1 Å². The lowest BCUT2D eigenvalue weighted by Crippen LogP contribution is -2.20. The van der Waals surface area contributed by atoms with Crippen LogP contribution in [0, 0.1) is 5.92 Å². The molecule has 1 rings (SSSR count). The van der Waals surface area contributed by atoms with Crippen LogP contribution in [0.3, 0.4) is 0 Å². The van der Waals surface area contributed by atoms with Gasteiger partial charge in [-0.25, -0.2) is 0 Å². The first kappa shape index (κ1) is 10.5. The molecule has 0 aromatic heterocycles. The molecule has 1 aliphatic rings. The topological polar surface area (TPSA) is 46.5 Å². The SMILES string of the molecule is COC1CCC(CCC(=O)O)CC1. The van der Waals surface area contributed by atoms with E-state index in [-0.39, 0.29) is 0 Å². The molecule has 76 valence electrons. The molecule has 0 unspecified atom stereocenters. The molecule has 0 amide bonds. The summed E-state index contributed by atoms with van der Waals surface area (Å²) in [5.74, 6) is -0.0589. The maximum absolute atomic E-state index is 10.3. The third-order valence-corrected chi connectivity index (χ3v) is 2.89. The zero-order valence-corrected chi connectivity index (χ0v) is 8.16. The van der Waals surface area contributed by atoms with Gasteiger partial charge < -0.3 is 9.84 Å². The summed E-state index contributed by atoms with van der Waals surface area (Å²) >= 11 is 0. The summed E-state index contributed by atoms with van der Waals surface area (Å²) in [6.07, 6.45) is 6.04. The summed E-state index contributed by atoms with van der Waals surface area (Å²) in [5, 5.41) is 8.52. The zero-order valence-electron chi connectivity index (χ0n) is 8.16. The quantitative estimate of drug-likeness (QED) is 0.731. The van der Waals surface area contributed by atoms with E-state index in [4.69, 9.17) is 9.84 Å². The number of carbonyl (C=O) groups is 1. The molecular formula is C10H18O3. The van der Waals surface area contributed by atoms with Gasteiger partial charge in [0.2, 0.25) is 0 Å². The molecule has 0 atom stereocenters. The minimum absolute atomic E-state index is 0.322. The van der Waals surface area contributed by atoms with Crippen LogP contribution in [-0.2, 0) is 9.53 Å². The second-order valence-corrected chi connectivity index (χ2v) is 3.81. The third-order valence-electron chi connectivity index (χ3n) is 2.89. The number of carboxylic acid groups (broad SMARTS) is 1. The van der Waals surface area contributed by atoms with Gasteiger partial charge in [0.25, 0.3) is 0 Å². The van der Waals surface area contributed by atoms with Crippen molar-refractivity contribution >= 4 is 5.97 Å². The van der Waals surface area contributed by atoms with Gasteiger partial charge in [0.05, 0.1) is 6.10 Å². The van der Waals surface area contributed by atoms with Crippen molar-refractivity contribution in [1.29, 1.82) is 0 Å². The molecule has 3 nitrogen and oxygen atoms in total. The summed E-state index contributed by atoms with van der Waals surface area (Å²) in [6.45, 7) is 0. The molecule has 0 spiro atoms. The molecule has 13 heavy (non-hydrogen) atoms. The summed E-state index contributed by atoms with van der Waals surface area (Å²) < 4.78 is 5.25. The average molecular weight is 186 g/mol. The molecule has 3 heteroatoms. The Kier molecular flexibility index (Phi) is 4.22. The van der Waals surface area contributed by atoms with Crippen LogP contribution in [0.5, 0.6) is 0 Å². The van der Waals surface area contributed by atoms with Crippen molar-refractivity contribution in [3.8, 4) is 0 Å². The lowest BCUT2D eigenvalue weighted by molar-refractivity contribution is -0.137. The van der Waals surface area contributed by atoms with Crippen molar-refractivity contribution < 1.29 is 14.6 Å². The van der Waals surface area contributed by atoms with E-state index in [2.05, 4.69) is 0 Å². The minimum Gasteiger partial charge on any atom is -0.481 e. The number of carboxylic acids is 1. The van der Waals surface area contributed by atoms with Crippen LogP contribution in [0.15, 0.2) is 0 Å². The molecule has 1 saturated carbocycles. The summed E-state index contributed by atoms with van der Waals surface area (Å²) in [5.41, 5.74) is 0. The van der Waals surface area contributed by atoms with Crippen LogP contribution < -0.4 is 0 Å². The summed E-state index contributed by atoms with van der Waals surface area (Å²) in [4.78, 5) is 10.3. The van der Waals surface area contributed by atoms with E-state index in [1.807, 2.05) is 0 Å². The Hall–Kier alpha value is -0.570. The highest BCUT2D eigenvalue weighted by molar-refractivity contribution is 5.66. The highest BCUT2D eigenvalue weighted by Crippen LogP contribution is 2.28. The van der Waals surface area contributed by atoms with Crippen LogP contribution in [0.4, 0.5) is 0 Å². The number of rotatable bonds is 4. The van der Waals surface area contributed by atoms with Crippen LogP contribution in [-0.4, -0.2) is 24.3 Å². The minimum atomic E-state index is -0.672. The van der Waals surface area contributed by atoms with Gasteiger partial charge in [-0.15, -0.1) is 0 Å². The van der Waals surface area contributed by atoms with Crippen LogP contribution in [0.2, 0.25) is 0 Å². The number of aliphatic carboxylic acids is 1. The normalized spacial score (nSPS) is 28.7. The van der Waals surface area contributed by atoms with E-state index in [1.165, 1.54) is 0 Å². The monoisotopic (exact) mass is 186 g/mol. The van der Waals surface area contributed by atoms with Gasteiger partial charge in [0, 0.05) is 13.5 Å². The molecular weight excluding hydrogens is 168 g/mol. The average Bonchev–Trinajstić information content (AvgIpc) is 2.15. The molecule has 1 aliphatic carbocycles. The van der Waals surface area contributed by atoms with Gasteiger partial charge in [0.1, 0.15) is 0 Å². The van der Waals surface area contributed by atoms with Crippen LogP contribution >= 0.6 is 0 Å². The molecule has 0 aromatic carbocycles. The van der Waals surface area contributed by atoms with Gasteiger partial charge in [-0.05, 0) is 38.0 Å². The molecule has 0 radical (unpaired) electrons. The lowest BCUT2D eigenvalue weighted by atomic mass is 9.84. The maximum atomic E-state index is 10.3. The molecule has 0 saturated heterocycles. The molecule has 0 bridgehead atoms. The zero-order chi connectivity index (χ0) is 9.68. The number of ether oxygens (including phenoxy) is 1. The third kappa shape index (κ3) is 3.77. The Balaban J connectivity index is 2.14. The Morgan fingerprint density at radius 1 is 1.38 bits per heavy atom. The fraction of sp³-hybridized carbons (Fsp3) is 0.900. The van der Waals surface area contributed by atoms with Crippen molar-refractivity contribution in [2.45, 2.75) is 44.6 Å². The summed E-state index contributed by atoms with van der Waals surface area (Å²) in [6, 6.07) is 0. The number of methoxy groups -OCH3 is 1. The Labute approximate surface area is 79.1 Å². The van der Waals surface area contributed by atoms with Crippen molar-refractivity contribution in [2.24, 2.45) is 5.92 Å². The van der Waals surface area contributed by atoms with E-state index in [1.54, 1.807) is 7.11 Å². The largest absolute Gasteiger partial charge is 0.481 e. The standard InChI is InChI=1S/C10H18O3/c1-13-9-5-2-8(3-6-9)4-7-10(11)12/h8-9H,2-7H2,1H3,(H,11,12). The molecule has 0 aliphatic heterocycles. The van der Waals surface area contributed by atoms with Crippen molar-refractivity contribution in [2.75, 3.05) is 7.11 Å². The molecule has 0 heterocycles. The Morgan fingerprint density at radius 3 is 2.46 bits per heavy atom. The van der Waals surface area contributed by atoms with E-state index in [9.17, 15) is 4.79 Å². The number of hydrogen-bond acceptors (Lipinski definition) is 2. The van der Waals surface area contributed by atoms with E-state index in [0.29, 0.717) is 18.4 Å². The second kappa shape index (κ2) is 5.22. The molecule has 1 fully saturated rings. The van der Waals surface area contributed by atoms with E-state index >= 15 is 0 Å². The predicted octanol–water partition coefficient (Wildman–Crippen LogP) is 2.06. The van der Waals surface area contributed by atoms with Gasteiger partial charge in [-0.1, -0.05) is 0 Å². The van der Waals surface area contributed by atoms with Gasteiger partial charge >= 0.3 is 5.97 Å². The van der Waals surface area contributed by atoms with Gasteiger partial charge in [-0.3, -0.25) is 4.79 Å². The first-order valence-electron chi connectivity index (χ1n) is 4.97. The first-order chi connectivity index (χ1) is 6.22. The van der Waals surface area contributed by atoms with Gasteiger partial charge in [0.15, 0.2) is 0 Å². The maximum Gasteiger partial charge on any atom is 0.303 e. The fourth-order valence-corrected chi connectivity index (χ4v) is 1.98. The smallest absolute Gasteiger partial charge is 0.303 e. The highest BCUT2D eigenvalue weighted by Gasteiger charge is 2.20. The molecule has 1 N–H and O–H groups in total. The van der Waals surface area contributed by atoms with Crippen LogP contribution in [0.1, 0.15) is 38.5 Å². The summed E-state index contributed by atoms with van der Waals surface area (Å²) in [7, 11) is 1.75. The van der Waals surface area contributed by atoms with Crippen molar-refractivity contribution in [1.82, 2.24) is 0 Å². The highest BCUT2D eigenvalue weighted by atomic mass is 16.5. The van der Waals surface area contributed by atoms with Crippen molar-refractivity contribution in [3.63, 3.8) is 0 Å². The Morgan fingerprint density at radius 2 is 2.00 bits per heavy atom. The predicted molar refractivity (Wildman–Crippen MR) is 49.6 cm³/mol. The molecule has 0 aromatic rings. The van der Waals surface area contributed by atoms with E-state index < -0.39 is 5.97 Å². The Bertz CT molecular complexity index is 160. The second-order valence-electron chi connectivity index (χ2n) is 3.81. The van der Waals surface area contributed by atoms with Crippen LogP contribution in [0.25, 0.3) is 0 Å². The number of hydrogen-bond donors (Lipinski definition) is 1. The lowest BCUT2D eigenvalue weighted by Gasteiger charge is -2.27. The van der Waals surface area contributed by atoms with Gasteiger partial charge in [-0.2, -0.15) is 0 Å².